The van der Waals surface area contributed by atoms with Crippen LogP contribution in [-0.4, -0.2) is 39.5 Å². The summed E-state index contributed by atoms with van der Waals surface area (Å²) in [5.41, 5.74) is 4.35. The van der Waals surface area contributed by atoms with Gasteiger partial charge in [-0.2, -0.15) is 0 Å². The molecule has 9 heteroatoms. The average molecular weight is 547 g/mol. The van der Waals surface area contributed by atoms with Gasteiger partial charge >= 0.3 is 0 Å². The standard InChI is InChI=1S/C29H30N4O3S2/c1-19-8-5-6-9-22(19)17-33(26(34)18-38-29-30-20(2)16-21(3)31-29)27(25-10-7-15-37-25)28(35)32-23-11-13-24(36-4)14-12-23/h5-16,27H,17-18H2,1-4H3,(H,32,35)/t27-/m0/s1. The van der Waals surface area contributed by atoms with Crippen LogP contribution in [-0.2, 0) is 16.1 Å². The topological polar surface area (TPSA) is 84.4 Å². The maximum absolute atomic E-state index is 13.8. The van der Waals surface area contributed by atoms with Gasteiger partial charge in [-0.1, -0.05) is 42.1 Å². The Labute approximate surface area is 231 Å². The second kappa shape index (κ2) is 12.7. The number of ether oxygens (including phenoxy) is 1. The second-order valence-corrected chi connectivity index (χ2v) is 10.7. The van der Waals surface area contributed by atoms with Crippen molar-refractivity contribution in [2.75, 3.05) is 18.2 Å². The molecule has 2 aromatic heterocycles. The van der Waals surface area contributed by atoms with Gasteiger partial charge in [-0.15, -0.1) is 11.3 Å². The minimum atomic E-state index is -0.815. The number of hydrogen-bond acceptors (Lipinski definition) is 7. The van der Waals surface area contributed by atoms with Crippen molar-refractivity contribution in [1.29, 1.82) is 0 Å². The Bertz CT molecular complexity index is 1370. The van der Waals surface area contributed by atoms with Gasteiger partial charge in [-0.3, -0.25) is 9.59 Å². The Morgan fingerprint density at radius 2 is 1.71 bits per heavy atom. The number of nitrogens with zero attached hydrogens (tertiary/aromatic N) is 3. The molecule has 2 heterocycles. The summed E-state index contributed by atoms with van der Waals surface area (Å²) in [6.07, 6.45) is 0. The van der Waals surface area contributed by atoms with Crippen molar-refractivity contribution >= 4 is 40.6 Å². The smallest absolute Gasteiger partial charge is 0.252 e. The molecule has 0 spiro atoms. The van der Waals surface area contributed by atoms with Crippen molar-refractivity contribution in [2.45, 2.75) is 38.5 Å². The maximum atomic E-state index is 13.8. The molecule has 4 rings (SSSR count). The van der Waals surface area contributed by atoms with E-state index in [-0.39, 0.29) is 17.6 Å². The highest BCUT2D eigenvalue weighted by atomic mass is 32.2. The van der Waals surface area contributed by atoms with Crippen LogP contribution in [0.2, 0.25) is 0 Å². The van der Waals surface area contributed by atoms with Gasteiger partial charge < -0.3 is 15.0 Å². The van der Waals surface area contributed by atoms with Gasteiger partial charge in [-0.05, 0) is 73.7 Å². The molecule has 2 aromatic carbocycles. The number of methoxy groups -OCH3 is 1. The predicted octanol–water partition coefficient (Wildman–Crippen LogP) is 5.97. The number of carbonyl (C=O) groups excluding carboxylic acids is 2. The quantitative estimate of drug-likeness (QED) is 0.195. The number of anilines is 1. The zero-order chi connectivity index (χ0) is 27.1. The largest absolute Gasteiger partial charge is 0.497 e. The molecule has 7 nitrogen and oxygen atoms in total. The third-order valence-corrected chi connectivity index (χ3v) is 7.70. The molecule has 0 bridgehead atoms. The lowest BCUT2D eigenvalue weighted by Crippen LogP contribution is -2.41. The fourth-order valence-corrected chi connectivity index (χ4v) is 5.69. The molecular weight excluding hydrogens is 516 g/mol. The highest BCUT2D eigenvalue weighted by Crippen LogP contribution is 2.30. The van der Waals surface area contributed by atoms with Crippen LogP contribution in [0.3, 0.4) is 0 Å². The molecule has 0 aliphatic carbocycles. The van der Waals surface area contributed by atoms with E-state index in [2.05, 4.69) is 15.3 Å². The number of aromatic nitrogens is 2. The number of aryl methyl sites for hydroxylation is 3. The van der Waals surface area contributed by atoms with E-state index in [0.717, 1.165) is 27.4 Å². The van der Waals surface area contributed by atoms with E-state index in [1.54, 1.807) is 36.3 Å². The lowest BCUT2D eigenvalue weighted by molar-refractivity contribution is -0.137. The van der Waals surface area contributed by atoms with Crippen molar-refractivity contribution in [3.63, 3.8) is 0 Å². The van der Waals surface area contributed by atoms with Crippen molar-refractivity contribution < 1.29 is 14.3 Å². The number of rotatable bonds is 10. The van der Waals surface area contributed by atoms with Crippen LogP contribution in [0.1, 0.15) is 33.4 Å². The Morgan fingerprint density at radius 1 is 1.00 bits per heavy atom. The Morgan fingerprint density at radius 3 is 2.34 bits per heavy atom. The minimum Gasteiger partial charge on any atom is -0.497 e. The van der Waals surface area contributed by atoms with E-state index in [1.165, 1.54) is 23.1 Å². The monoisotopic (exact) mass is 546 g/mol. The molecular formula is C29H30N4O3S2. The van der Waals surface area contributed by atoms with Gasteiger partial charge in [0.2, 0.25) is 5.91 Å². The highest BCUT2D eigenvalue weighted by molar-refractivity contribution is 7.99. The Balaban J connectivity index is 1.65. The van der Waals surface area contributed by atoms with Crippen molar-refractivity contribution in [3.8, 4) is 5.75 Å². The molecule has 4 aromatic rings. The fourth-order valence-electron chi connectivity index (χ4n) is 4.02. The molecule has 1 N–H and O–H groups in total. The van der Waals surface area contributed by atoms with Crippen LogP contribution in [0.15, 0.2) is 77.3 Å². The Hall–Kier alpha value is -3.69. The molecule has 1 atom stereocenters. The number of amides is 2. The van der Waals surface area contributed by atoms with E-state index in [4.69, 9.17) is 4.74 Å². The van der Waals surface area contributed by atoms with Crippen molar-refractivity contribution in [1.82, 2.24) is 14.9 Å². The molecule has 0 unspecified atom stereocenters. The SMILES string of the molecule is COc1ccc(NC(=O)[C@H](c2cccs2)N(Cc2ccccc2C)C(=O)CSc2nc(C)cc(C)n2)cc1. The zero-order valence-corrected chi connectivity index (χ0v) is 23.4. The van der Waals surface area contributed by atoms with Crippen molar-refractivity contribution in [2.24, 2.45) is 0 Å². The molecule has 0 saturated carbocycles. The Kier molecular flexibility index (Phi) is 9.15. The van der Waals surface area contributed by atoms with Crippen LogP contribution in [0.25, 0.3) is 0 Å². The number of carbonyl (C=O) groups is 2. The first-order valence-corrected chi connectivity index (χ1v) is 14.0. The second-order valence-electron chi connectivity index (χ2n) is 8.81. The van der Waals surface area contributed by atoms with Gasteiger partial charge in [0.15, 0.2) is 5.16 Å². The molecule has 0 aliphatic rings. The molecule has 0 fully saturated rings. The highest BCUT2D eigenvalue weighted by Gasteiger charge is 2.33. The third kappa shape index (κ3) is 6.99. The molecule has 196 valence electrons. The summed E-state index contributed by atoms with van der Waals surface area (Å²) in [6.45, 7) is 6.11. The summed E-state index contributed by atoms with van der Waals surface area (Å²) in [7, 11) is 1.59. The van der Waals surface area contributed by atoms with E-state index in [1.807, 2.05) is 68.6 Å². The normalized spacial score (nSPS) is 11.6. The number of thiophene rings is 1. The van der Waals surface area contributed by atoms with Gasteiger partial charge in [0.1, 0.15) is 11.8 Å². The summed E-state index contributed by atoms with van der Waals surface area (Å²) in [6, 6.07) is 19.9. The first-order valence-electron chi connectivity index (χ1n) is 12.1. The third-order valence-electron chi connectivity index (χ3n) is 5.94. The first-order chi connectivity index (χ1) is 18.3. The number of hydrogen-bond donors (Lipinski definition) is 1. The van der Waals surface area contributed by atoms with E-state index >= 15 is 0 Å². The van der Waals surface area contributed by atoms with E-state index in [0.29, 0.717) is 23.1 Å². The summed E-state index contributed by atoms with van der Waals surface area (Å²) in [5.74, 6) is 0.336. The van der Waals surface area contributed by atoms with E-state index < -0.39 is 6.04 Å². The van der Waals surface area contributed by atoms with Crippen LogP contribution in [0, 0.1) is 20.8 Å². The molecule has 0 aliphatic heterocycles. The summed E-state index contributed by atoms with van der Waals surface area (Å²) < 4.78 is 5.23. The average Bonchev–Trinajstić information content (AvgIpc) is 3.42. The molecule has 2 amide bonds. The number of thioether (sulfide) groups is 1. The summed E-state index contributed by atoms with van der Waals surface area (Å²) in [5, 5.41) is 5.45. The van der Waals surface area contributed by atoms with Crippen LogP contribution >= 0.6 is 23.1 Å². The van der Waals surface area contributed by atoms with Gasteiger partial charge in [-0.25, -0.2) is 9.97 Å². The fraction of sp³-hybridized carbons (Fsp3) is 0.241. The van der Waals surface area contributed by atoms with E-state index in [9.17, 15) is 9.59 Å². The molecule has 38 heavy (non-hydrogen) atoms. The lowest BCUT2D eigenvalue weighted by atomic mass is 10.1. The number of nitrogens with one attached hydrogen (secondary N) is 1. The maximum Gasteiger partial charge on any atom is 0.252 e. The first kappa shape index (κ1) is 27.3. The molecule has 0 saturated heterocycles. The van der Waals surface area contributed by atoms with Gasteiger partial charge in [0.05, 0.1) is 12.9 Å². The zero-order valence-electron chi connectivity index (χ0n) is 21.8. The minimum absolute atomic E-state index is 0.104. The van der Waals surface area contributed by atoms with Gasteiger partial charge in [0.25, 0.3) is 5.91 Å². The van der Waals surface area contributed by atoms with Crippen LogP contribution in [0.5, 0.6) is 5.75 Å². The lowest BCUT2D eigenvalue weighted by Gasteiger charge is -2.31. The molecule has 0 radical (unpaired) electrons. The van der Waals surface area contributed by atoms with Crippen LogP contribution < -0.4 is 10.1 Å². The number of benzene rings is 2. The van der Waals surface area contributed by atoms with Crippen molar-refractivity contribution in [3.05, 3.63) is 99.5 Å². The summed E-state index contributed by atoms with van der Waals surface area (Å²) >= 11 is 2.73. The van der Waals surface area contributed by atoms with Gasteiger partial charge in [0, 0.05) is 28.5 Å². The van der Waals surface area contributed by atoms with Crippen LogP contribution in [0.4, 0.5) is 5.69 Å². The predicted molar refractivity (Wildman–Crippen MR) is 153 cm³/mol. The summed E-state index contributed by atoms with van der Waals surface area (Å²) in [4.78, 5) is 39.0.